The molecule has 5 nitrogen and oxygen atoms in total. The zero-order valence-electron chi connectivity index (χ0n) is 13.4. The maximum absolute atomic E-state index is 12.2. The molecule has 0 spiro atoms. The van der Waals surface area contributed by atoms with E-state index in [-0.39, 0.29) is 18.2 Å². The van der Waals surface area contributed by atoms with Crippen LogP contribution in [-0.2, 0) is 16.0 Å². The smallest absolute Gasteiger partial charge is 0.410 e. The van der Waals surface area contributed by atoms with E-state index in [2.05, 4.69) is 32.7 Å². The molecule has 2 rings (SSSR count). The maximum Gasteiger partial charge on any atom is 0.410 e. The Bertz CT molecular complexity index is 515. The van der Waals surface area contributed by atoms with Gasteiger partial charge in [-0.3, -0.25) is 0 Å². The first-order chi connectivity index (χ1) is 10.3. The fourth-order valence-electron chi connectivity index (χ4n) is 2.36. The lowest BCUT2D eigenvalue weighted by atomic mass is 10.2. The topological polar surface area (TPSA) is 50.8 Å². The van der Waals surface area contributed by atoms with Gasteiger partial charge in [0.2, 0.25) is 0 Å². The van der Waals surface area contributed by atoms with Crippen LogP contribution in [0.3, 0.4) is 0 Å². The molecule has 1 aliphatic rings. The summed E-state index contributed by atoms with van der Waals surface area (Å²) in [6.45, 7) is 7.54. The van der Waals surface area contributed by atoms with Crippen LogP contribution in [0.2, 0.25) is 0 Å². The summed E-state index contributed by atoms with van der Waals surface area (Å²) in [6, 6.07) is 2.21. The fourth-order valence-corrected chi connectivity index (χ4v) is 3.76. The molecule has 0 aromatic carbocycles. The van der Waals surface area contributed by atoms with Crippen molar-refractivity contribution in [2.24, 2.45) is 0 Å². The van der Waals surface area contributed by atoms with E-state index < -0.39 is 5.60 Å². The van der Waals surface area contributed by atoms with Crippen LogP contribution in [0, 0.1) is 0 Å². The minimum Gasteiger partial charge on any atom is -0.444 e. The molecular weight excluding hydrogens is 368 g/mol. The van der Waals surface area contributed by atoms with E-state index in [0.717, 1.165) is 11.0 Å². The molecule has 1 saturated heterocycles. The number of carbonyl (C=O) groups excluding carboxylic acids is 1. The molecule has 1 aliphatic heterocycles. The number of hydrogen-bond donors (Lipinski definition) is 1. The summed E-state index contributed by atoms with van der Waals surface area (Å²) < 4.78 is 12.0. The highest BCUT2D eigenvalue weighted by atomic mass is 79.9. The van der Waals surface area contributed by atoms with E-state index in [9.17, 15) is 4.79 Å². The summed E-state index contributed by atoms with van der Waals surface area (Å²) in [5.74, 6) is 0. The van der Waals surface area contributed by atoms with Crippen LogP contribution in [0.25, 0.3) is 0 Å². The van der Waals surface area contributed by atoms with E-state index in [1.54, 1.807) is 23.3 Å². The summed E-state index contributed by atoms with van der Waals surface area (Å²) in [7, 11) is 1.68. The highest BCUT2D eigenvalue weighted by Crippen LogP contribution is 2.21. The second-order valence-corrected chi connectivity index (χ2v) is 8.29. The van der Waals surface area contributed by atoms with Crippen molar-refractivity contribution in [2.45, 2.75) is 45.1 Å². The first-order valence-electron chi connectivity index (χ1n) is 7.25. The number of nitrogens with zero attached hydrogens (tertiary/aromatic N) is 1. The summed E-state index contributed by atoms with van der Waals surface area (Å²) in [5, 5.41) is 5.54. The number of hydrogen-bond acceptors (Lipinski definition) is 5. The molecule has 22 heavy (non-hydrogen) atoms. The van der Waals surface area contributed by atoms with Crippen LogP contribution < -0.4 is 5.32 Å². The third kappa shape index (κ3) is 4.94. The predicted molar refractivity (Wildman–Crippen MR) is 91.3 cm³/mol. The number of methoxy groups -OCH3 is 1. The summed E-state index contributed by atoms with van der Waals surface area (Å²) in [5.41, 5.74) is -0.478. The lowest BCUT2D eigenvalue weighted by molar-refractivity contribution is 0.0252. The number of rotatable bonds is 4. The molecular formula is C15H23BrN2O3S. The molecule has 1 fully saturated rings. The minimum absolute atomic E-state index is 0.0177. The molecule has 1 aromatic heterocycles. The first kappa shape index (κ1) is 17.7. The Labute approximate surface area is 144 Å². The van der Waals surface area contributed by atoms with Gasteiger partial charge in [-0.1, -0.05) is 0 Å². The molecule has 7 heteroatoms. The Morgan fingerprint density at radius 2 is 2.23 bits per heavy atom. The summed E-state index contributed by atoms with van der Waals surface area (Å²) in [4.78, 5) is 15.1. The second-order valence-electron chi connectivity index (χ2n) is 6.38. The zero-order chi connectivity index (χ0) is 16.3. The van der Waals surface area contributed by atoms with Crippen molar-refractivity contribution in [1.82, 2.24) is 10.2 Å². The van der Waals surface area contributed by atoms with Crippen LogP contribution >= 0.6 is 27.3 Å². The monoisotopic (exact) mass is 390 g/mol. The molecule has 1 N–H and O–H groups in total. The van der Waals surface area contributed by atoms with Crippen LogP contribution in [0.15, 0.2) is 15.9 Å². The highest BCUT2D eigenvalue weighted by Gasteiger charge is 2.37. The molecule has 0 bridgehead atoms. The van der Waals surface area contributed by atoms with Gasteiger partial charge in [-0.25, -0.2) is 4.79 Å². The van der Waals surface area contributed by atoms with Crippen LogP contribution in [-0.4, -0.2) is 48.9 Å². The second kappa shape index (κ2) is 7.29. The number of nitrogens with one attached hydrogen (secondary N) is 1. The lowest BCUT2D eigenvalue weighted by Crippen LogP contribution is -2.40. The number of halogens is 1. The van der Waals surface area contributed by atoms with Crippen molar-refractivity contribution in [3.63, 3.8) is 0 Å². The van der Waals surface area contributed by atoms with Gasteiger partial charge in [-0.2, -0.15) is 0 Å². The molecule has 1 aromatic rings. The Balaban J connectivity index is 1.90. The van der Waals surface area contributed by atoms with E-state index in [4.69, 9.17) is 9.47 Å². The number of thiophene rings is 1. The van der Waals surface area contributed by atoms with Crippen molar-refractivity contribution in [3.8, 4) is 0 Å². The van der Waals surface area contributed by atoms with Crippen molar-refractivity contribution in [3.05, 3.63) is 20.8 Å². The molecule has 1 unspecified atom stereocenters. The zero-order valence-corrected chi connectivity index (χ0v) is 15.8. The minimum atomic E-state index is -0.478. The Kier molecular flexibility index (Phi) is 5.87. The normalized spacial score (nSPS) is 22.1. The summed E-state index contributed by atoms with van der Waals surface area (Å²) in [6.07, 6.45) is -0.298. The predicted octanol–water partition coefficient (Wildman–Crippen LogP) is 3.23. The number of carbonyl (C=O) groups is 1. The lowest BCUT2D eigenvalue weighted by Gasteiger charge is -2.24. The molecule has 0 aliphatic carbocycles. The SMILES string of the molecule is CO[C@H]1CN(C(=O)OC(C)(C)C)CC1NCc1cc(Br)cs1. The van der Waals surface area contributed by atoms with E-state index in [1.807, 2.05) is 20.8 Å². The average Bonchev–Trinajstić information content (AvgIpc) is 3.00. The van der Waals surface area contributed by atoms with Gasteiger partial charge in [0.05, 0.1) is 18.7 Å². The Morgan fingerprint density at radius 3 is 2.77 bits per heavy atom. The van der Waals surface area contributed by atoms with E-state index in [0.29, 0.717) is 13.1 Å². The molecule has 0 radical (unpaired) electrons. The van der Waals surface area contributed by atoms with Gasteiger partial charge in [0.25, 0.3) is 0 Å². The van der Waals surface area contributed by atoms with Gasteiger partial charge >= 0.3 is 6.09 Å². The summed E-state index contributed by atoms with van der Waals surface area (Å²) >= 11 is 5.16. The number of ether oxygens (including phenoxy) is 2. The van der Waals surface area contributed by atoms with Crippen molar-refractivity contribution in [1.29, 1.82) is 0 Å². The van der Waals surface area contributed by atoms with Crippen molar-refractivity contribution in [2.75, 3.05) is 20.2 Å². The number of amides is 1. The van der Waals surface area contributed by atoms with Crippen LogP contribution in [0.5, 0.6) is 0 Å². The molecule has 2 atom stereocenters. The Morgan fingerprint density at radius 1 is 1.50 bits per heavy atom. The van der Waals surface area contributed by atoms with E-state index >= 15 is 0 Å². The van der Waals surface area contributed by atoms with Gasteiger partial charge in [-0.15, -0.1) is 11.3 Å². The first-order valence-corrected chi connectivity index (χ1v) is 8.93. The molecule has 124 valence electrons. The molecule has 1 amide bonds. The molecule has 0 saturated carbocycles. The third-order valence-corrected chi connectivity index (χ3v) is 5.08. The van der Waals surface area contributed by atoms with Gasteiger partial charge in [0.1, 0.15) is 5.60 Å². The number of likely N-dealkylation sites (tertiary alicyclic amines) is 1. The van der Waals surface area contributed by atoms with Crippen molar-refractivity contribution < 1.29 is 14.3 Å². The van der Waals surface area contributed by atoms with Gasteiger partial charge in [0, 0.05) is 34.9 Å². The fraction of sp³-hybridized carbons (Fsp3) is 0.667. The van der Waals surface area contributed by atoms with Gasteiger partial charge in [-0.05, 0) is 42.8 Å². The van der Waals surface area contributed by atoms with Gasteiger partial charge < -0.3 is 19.7 Å². The quantitative estimate of drug-likeness (QED) is 0.856. The highest BCUT2D eigenvalue weighted by molar-refractivity contribution is 9.10. The maximum atomic E-state index is 12.2. The largest absolute Gasteiger partial charge is 0.444 e. The third-order valence-electron chi connectivity index (χ3n) is 3.38. The molecule has 2 heterocycles. The average molecular weight is 391 g/mol. The van der Waals surface area contributed by atoms with Crippen LogP contribution in [0.1, 0.15) is 25.6 Å². The van der Waals surface area contributed by atoms with E-state index in [1.165, 1.54) is 4.88 Å². The van der Waals surface area contributed by atoms with Crippen LogP contribution in [0.4, 0.5) is 4.79 Å². The Hall–Kier alpha value is -0.630. The van der Waals surface area contributed by atoms with Crippen molar-refractivity contribution >= 4 is 33.4 Å². The van der Waals surface area contributed by atoms with Gasteiger partial charge in [0.15, 0.2) is 0 Å². The standard InChI is InChI=1S/C15H23BrN2O3S/c1-15(2,3)21-14(19)18-7-12(13(8-18)20-4)17-6-11-5-10(16)9-22-11/h5,9,12-13,17H,6-8H2,1-4H3/t12?,13-/m0/s1.